The average molecular weight is 427 g/mol. The molecule has 0 spiro atoms. The van der Waals surface area contributed by atoms with Crippen LogP contribution >= 0.6 is 0 Å². The van der Waals surface area contributed by atoms with Gasteiger partial charge in [-0.05, 0) is 37.3 Å². The number of nitrogens with zero attached hydrogens (tertiary/aromatic N) is 2. The third kappa shape index (κ3) is 5.59. The molecule has 164 valence electrons. The van der Waals surface area contributed by atoms with Crippen molar-refractivity contribution in [3.05, 3.63) is 59.4 Å². The van der Waals surface area contributed by atoms with Crippen LogP contribution in [0.2, 0.25) is 0 Å². The number of hydrogen-bond donors (Lipinski definition) is 1. The molecule has 3 rings (SSSR count). The van der Waals surface area contributed by atoms with Gasteiger partial charge >= 0.3 is 11.8 Å². The maximum absolute atomic E-state index is 14.3. The van der Waals surface area contributed by atoms with Gasteiger partial charge in [-0.25, -0.2) is 4.39 Å². The van der Waals surface area contributed by atoms with Gasteiger partial charge < -0.3 is 19.9 Å². The van der Waals surface area contributed by atoms with Crippen LogP contribution in [0.15, 0.2) is 42.5 Å². The monoisotopic (exact) mass is 427 g/mol. The van der Waals surface area contributed by atoms with E-state index >= 15 is 0 Å². The van der Waals surface area contributed by atoms with Crippen molar-refractivity contribution in [1.82, 2.24) is 9.80 Å². The molecule has 31 heavy (non-hydrogen) atoms. The van der Waals surface area contributed by atoms with Crippen LogP contribution in [-0.2, 0) is 9.59 Å². The number of amides is 3. The van der Waals surface area contributed by atoms with Crippen LogP contribution in [0, 0.1) is 12.7 Å². The smallest absolute Gasteiger partial charge is 0.313 e. The van der Waals surface area contributed by atoms with E-state index in [1.165, 1.54) is 26.2 Å². The normalized spacial score (nSPS) is 14.1. The number of likely N-dealkylation sites (tertiary alicyclic amines) is 1. The maximum Gasteiger partial charge on any atom is 0.313 e. The van der Waals surface area contributed by atoms with Crippen molar-refractivity contribution in [2.24, 2.45) is 0 Å². The molecule has 1 aliphatic heterocycles. The number of halogens is 1. The molecule has 2 aromatic rings. The van der Waals surface area contributed by atoms with E-state index in [1.54, 1.807) is 4.90 Å². The minimum Gasteiger partial charge on any atom is -0.490 e. The van der Waals surface area contributed by atoms with Crippen LogP contribution in [0.5, 0.6) is 5.75 Å². The Labute approximate surface area is 180 Å². The minimum absolute atomic E-state index is 0.0146. The number of ether oxygens (including phenoxy) is 1. The van der Waals surface area contributed by atoms with Gasteiger partial charge in [-0.1, -0.05) is 17.7 Å². The predicted octanol–water partition coefficient (Wildman–Crippen LogP) is 2.84. The van der Waals surface area contributed by atoms with Gasteiger partial charge in [-0.2, -0.15) is 0 Å². The van der Waals surface area contributed by atoms with Crippen molar-refractivity contribution >= 4 is 23.4 Å². The number of likely N-dealkylation sites (N-methyl/N-ethyl adjacent to an activating group) is 1. The number of rotatable bonds is 4. The lowest BCUT2D eigenvalue weighted by Crippen LogP contribution is -2.42. The molecule has 0 aliphatic carbocycles. The van der Waals surface area contributed by atoms with Crippen molar-refractivity contribution in [3.8, 4) is 5.75 Å². The van der Waals surface area contributed by atoms with Crippen molar-refractivity contribution < 1.29 is 23.5 Å². The van der Waals surface area contributed by atoms with Crippen molar-refractivity contribution in [2.45, 2.75) is 25.9 Å². The van der Waals surface area contributed by atoms with E-state index in [4.69, 9.17) is 4.74 Å². The van der Waals surface area contributed by atoms with E-state index in [-0.39, 0.29) is 17.4 Å². The molecule has 1 fully saturated rings. The summed E-state index contributed by atoms with van der Waals surface area (Å²) in [7, 11) is 2.90. The molecular formula is C23H26FN3O4. The molecule has 1 aliphatic rings. The van der Waals surface area contributed by atoms with Crippen LogP contribution in [0.25, 0.3) is 0 Å². The number of hydrogen-bond acceptors (Lipinski definition) is 4. The number of carbonyl (C=O) groups excluding carboxylic acids is 3. The number of benzene rings is 2. The second kappa shape index (κ2) is 9.59. The van der Waals surface area contributed by atoms with Gasteiger partial charge in [-0.3, -0.25) is 14.4 Å². The molecule has 8 heteroatoms. The fourth-order valence-electron chi connectivity index (χ4n) is 3.31. The summed E-state index contributed by atoms with van der Waals surface area (Å²) in [5.74, 6) is -1.95. The Kier molecular flexibility index (Phi) is 6.89. The van der Waals surface area contributed by atoms with E-state index in [0.717, 1.165) is 22.3 Å². The zero-order valence-electron chi connectivity index (χ0n) is 17.9. The number of nitrogens with one attached hydrogen (secondary N) is 1. The van der Waals surface area contributed by atoms with Crippen molar-refractivity contribution in [3.63, 3.8) is 0 Å². The second-order valence-electron chi connectivity index (χ2n) is 7.77. The van der Waals surface area contributed by atoms with Gasteiger partial charge in [0.25, 0.3) is 5.91 Å². The van der Waals surface area contributed by atoms with E-state index < -0.39 is 23.5 Å². The van der Waals surface area contributed by atoms with Crippen molar-refractivity contribution in [1.29, 1.82) is 0 Å². The van der Waals surface area contributed by atoms with E-state index in [0.29, 0.717) is 25.9 Å². The average Bonchev–Trinajstić information content (AvgIpc) is 2.76. The van der Waals surface area contributed by atoms with E-state index in [2.05, 4.69) is 5.32 Å². The molecule has 0 radical (unpaired) electrons. The lowest BCUT2D eigenvalue weighted by molar-refractivity contribution is -0.141. The summed E-state index contributed by atoms with van der Waals surface area (Å²) in [5, 5.41) is 2.40. The molecule has 0 aromatic heterocycles. The lowest BCUT2D eigenvalue weighted by Gasteiger charge is -2.32. The Morgan fingerprint density at radius 2 is 1.71 bits per heavy atom. The van der Waals surface area contributed by atoms with Crippen LogP contribution in [0.1, 0.15) is 28.8 Å². The zero-order valence-corrected chi connectivity index (χ0v) is 17.9. The predicted molar refractivity (Wildman–Crippen MR) is 114 cm³/mol. The molecule has 0 bridgehead atoms. The number of anilines is 1. The topological polar surface area (TPSA) is 79.0 Å². The summed E-state index contributed by atoms with van der Waals surface area (Å²) in [4.78, 5) is 39.2. The van der Waals surface area contributed by atoms with E-state index in [9.17, 15) is 18.8 Å². The van der Waals surface area contributed by atoms with Gasteiger partial charge in [0.2, 0.25) is 0 Å². The van der Waals surface area contributed by atoms with Crippen LogP contribution in [-0.4, -0.2) is 60.8 Å². The van der Waals surface area contributed by atoms with Gasteiger partial charge in [0.15, 0.2) is 0 Å². The molecule has 7 nitrogen and oxygen atoms in total. The van der Waals surface area contributed by atoms with Crippen LogP contribution in [0.4, 0.5) is 10.1 Å². The molecule has 2 aromatic carbocycles. The zero-order chi connectivity index (χ0) is 22.5. The first-order chi connectivity index (χ1) is 14.7. The molecule has 1 saturated heterocycles. The van der Waals surface area contributed by atoms with Crippen LogP contribution in [0.3, 0.4) is 0 Å². The highest BCUT2D eigenvalue weighted by Crippen LogP contribution is 2.22. The second-order valence-corrected chi connectivity index (χ2v) is 7.77. The first-order valence-corrected chi connectivity index (χ1v) is 10.1. The molecule has 0 unspecified atom stereocenters. The number of aryl methyl sites for hydroxylation is 1. The first-order valence-electron chi connectivity index (χ1n) is 10.1. The highest BCUT2D eigenvalue weighted by molar-refractivity contribution is 6.39. The third-order valence-corrected chi connectivity index (χ3v) is 5.11. The Morgan fingerprint density at radius 1 is 1.06 bits per heavy atom. The number of carbonyl (C=O) groups is 3. The summed E-state index contributed by atoms with van der Waals surface area (Å²) in [6, 6.07) is 11.5. The molecular weight excluding hydrogens is 401 g/mol. The van der Waals surface area contributed by atoms with E-state index in [1.807, 2.05) is 31.2 Å². The highest BCUT2D eigenvalue weighted by atomic mass is 19.1. The van der Waals surface area contributed by atoms with Gasteiger partial charge in [-0.15, -0.1) is 0 Å². The van der Waals surface area contributed by atoms with Gasteiger partial charge in [0.1, 0.15) is 17.7 Å². The van der Waals surface area contributed by atoms with Crippen molar-refractivity contribution in [2.75, 3.05) is 32.5 Å². The summed E-state index contributed by atoms with van der Waals surface area (Å²) < 4.78 is 20.3. The summed E-state index contributed by atoms with van der Waals surface area (Å²) >= 11 is 0. The molecule has 3 amide bonds. The first kappa shape index (κ1) is 22.3. The third-order valence-electron chi connectivity index (χ3n) is 5.11. The van der Waals surface area contributed by atoms with Gasteiger partial charge in [0.05, 0.1) is 5.56 Å². The quantitative estimate of drug-likeness (QED) is 0.761. The molecule has 0 atom stereocenters. The lowest BCUT2D eigenvalue weighted by atomic mass is 10.1. The highest BCUT2D eigenvalue weighted by Gasteiger charge is 2.27. The standard InChI is InChI=1S/C23H26FN3O4/c1-15-4-7-17(8-5-15)31-18-10-12-27(13-11-18)22(29)19-14-16(6-9-20(19)24)25-21(28)23(30)26(2)3/h4-9,14,18H,10-13H2,1-3H3,(H,25,28). The summed E-state index contributed by atoms with van der Waals surface area (Å²) in [5.41, 5.74) is 1.19. The number of piperidine rings is 1. The van der Waals surface area contributed by atoms with Gasteiger partial charge in [0, 0.05) is 45.7 Å². The molecule has 0 saturated carbocycles. The Hall–Kier alpha value is -3.42. The molecule has 1 N–H and O–H groups in total. The fraction of sp³-hybridized carbons (Fsp3) is 0.348. The fourth-order valence-corrected chi connectivity index (χ4v) is 3.31. The maximum atomic E-state index is 14.3. The van der Waals surface area contributed by atoms with Crippen LogP contribution < -0.4 is 10.1 Å². The Bertz CT molecular complexity index is 967. The Balaban J connectivity index is 1.61. The molecule has 1 heterocycles. The largest absolute Gasteiger partial charge is 0.490 e. The minimum atomic E-state index is -0.857. The SMILES string of the molecule is Cc1ccc(OC2CCN(C(=O)c3cc(NC(=O)C(=O)N(C)C)ccc3F)CC2)cc1. The Morgan fingerprint density at radius 3 is 2.32 bits per heavy atom. The summed E-state index contributed by atoms with van der Waals surface area (Å²) in [6.07, 6.45) is 1.25. The summed E-state index contributed by atoms with van der Waals surface area (Å²) in [6.45, 7) is 2.88.